The number of thiazole rings is 1. The fourth-order valence-corrected chi connectivity index (χ4v) is 4.11. The largest absolute Gasteiger partial charge is 0.459 e. The van der Waals surface area contributed by atoms with Crippen LogP contribution in [0.4, 0.5) is 0 Å². The number of carbonyl (C=O) groups excluding carboxylic acids is 1. The van der Waals surface area contributed by atoms with Gasteiger partial charge >= 0.3 is 5.97 Å². The lowest BCUT2D eigenvalue weighted by atomic mass is 10.2. The van der Waals surface area contributed by atoms with Gasteiger partial charge in [0.25, 0.3) is 0 Å². The molecule has 0 amide bonds. The SMILES string of the molecule is O=C(CSc1cc(Cl)ccc1Cl)OCc1csc(-c2ccccc2)n1. The van der Waals surface area contributed by atoms with E-state index in [1.165, 1.54) is 23.1 Å². The second kappa shape index (κ2) is 8.72. The summed E-state index contributed by atoms with van der Waals surface area (Å²) in [7, 11) is 0. The molecular weight excluding hydrogens is 397 g/mol. The highest BCUT2D eigenvalue weighted by Crippen LogP contribution is 2.30. The normalized spacial score (nSPS) is 10.6. The Morgan fingerprint density at radius 1 is 1.16 bits per heavy atom. The minimum atomic E-state index is -0.324. The van der Waals surface area contributed by atoms with Crippen LogP contribution in [0.1, 0.15) is 5.69 Å². The van der Waals surface area contributed by atoms with Crippen molar-refractivity contribution in [3.05, 3.63) is 69.7 Å². The Bertz CT molecular complexity index is 869. The summed E-state index contributed by atoms with van der Waals surface area (Å²) in [5, 5.41) is 3.95. The van der Waals surface area contributed by atoms with Gasteiger partial charge in [-0.05, 0) is 18.2 Å². The molecule has 25 heavy (non-hydrogen) atoms. The van der Waals surface area contributed by atoms with Crippen LogP contribution in [0.5, 0.6) is 0 Å². The summed E-state index contributed by atoms with van der Waals surface area (Å²) in [5.41, 5.74) is 1.79. The molecule has 0 atom stereocenters. The minimum absolute atomic E-state index is 0.159. The summed E-state index contributed by atoms with van der Waals surface area (Å²) >= 11 is 14.8. The van der Waals surface area contributed by atoms with Gasteiger partial charge in [-0.2, -0.15) is 0 Å². The lowest BCUT2D eigenvalue weighted by Crippen LogP contribution is -2.07. The molecule has 0 N–H and O–H groups in total. The van der Waals surface area contributed by atoms with E-state index in [-0.39, 0.29) is 18.3 Å². The van der Waals surface area contributed by atoms with Crippen molar-refractivity contribution in [1.82, 2.24) is 4.98 Å². The van der Waals surface area contributed by atoms with Crippen LogP contribution in [0.15, 0.2) is 58.8 Å². The van der Waals surface area contributed by atoms with E-state index in [4.69, 9.17) is 27.9 Å². The van der Waals surface area contributed by atoms with Crippen LogP contribution in [-0.2, 0) is 16.1 Å². The molecule has 0 bridgehead atoms. The van der Waals surface area contributed by atoms with E-state index < -0.39 is 0 Å². The molecule has 0 aliphatic heterocycles. The molecule has 3 rings (SSSR count). The molecule has 0 fully saturated rings. The highest BCUT2D eigenvalue weighted by molar-refractivity contribution is 8.00. The summed E-state index contributed by atoms with van der Waals surface area (Å²) in [6.07, 6.45) is 0. The van der Waals surface area contributed by atoms with Crippen molar-refractivity contribution in [3.63, 3.8) is 0 Å². The number of carbonyl (C=O) groups is 1. The fourth-order valence-electron chi connectivity index (χ4n) is 2.01. The number of ether oxygens (including phenoxy) is 1. The molecule has 0 spiro atoms. The summed E-state index contributed by atoms with van der Waals surface area (Å²) in [5.74, 6) is -0.161. The van der Waals surface area contributed by atoms with Gasteiger partial charge in [0.05, 0.1) is 16.5 Å². The highest BCUT2D eigenvalue weighted by Gasteiger charge is 2.10. The van der Waals surface area contributed by atoms with E-state index in [9.17, 15) is 4.79 Å². The van der Waals surface area contributed by atoms with Gasteiger partial charge in [-0.1, -0.05) is 53.5 Å². The van der Waals surface area contributed by atoms with Crippen molar-refractivity contribution in [1.29, 1.82) is 0 Å². The Hall–Kier alpha value is -1.53. The van der Waals surface area contributed by atoms with Gasteiger partial charge < -0.3 is 4.74 Å². The molecule has 3 aromatic rings. The maximum atomic E-state index is 11.9. The zero-order valence-corrected chi connectivity index (χ0v) is 16.1. The second-order valence-electron chi connectivity index (χ2n) is 5.03. The van der Waals surface area contributed by atoms with E-state index >= 15 is 0 Å². The van der Waals surface area contributed by atoms with E-state index in [1.807, 2.05) is 35.7 Å². The quantitative estimate of drug-likeness (QED) is 0.372. The molecule has 0 radical (unpaired) electrons. The summed E-state index contributed by atoms with van der Waals surface area (Å²) in [6.45, 7) is 0.159. The topological polar surface area (TPSA) is 39.2 Å². The number of benzene rings is 2. The van der Waals surface area contributed by atoms with Gasteiger partial charge in [0.1, 0.15) is 11.6 Å². The van der Waals surface area contributed by atoms with Crippen molar-refractivity contribution < 1.29 is 9.53 Å². The molecule has 128 valence electrons. The number of nitrogens with zero attached hydrogens (tertiary/aromatic N) is 1. The molecule has 3 nitrogen and oxygen atoms in total. The summed E-state index contributed by atoms with van der Waals surface area (Å²) in [6, 6.07) is 15.0. The lowest BCUT2D eigenvalue weighted by Gasteiger charge is -2.05. The third kappa shape index (κ3) is 5.22. The molecule has 2 aromatic carbocycles. The van der Waals surface area contributed by atoms with Gasteiger partial charge in [0.15, 0.2) is 0 Å². The Balaban J connectivity index is 1.51. The molecule has 0 saturated carbocycles. The molecule has 0 aliphatic rings. The van der Waals surface area contributed by atoms with Crippen molar-refractivity contribution >= 4 is 52.3 Å². The van der Waals surface area contributed by atoms with Gasteiger partial charge in [-0.3, -0.25) is 4.79 Å². The Morgan fingerprint density at radius 2 is 1.96 bits per heavy atom. The zero-order chi connectivity index (χ0) is 17.6. The standard InChI is InChI=1S/C18H13Cl2NO2S2/c19-13-6-7-15(20)16(8-13)24-11-17(22)23-9-14-10-25-18(21-14)12-4-2-1-3-5-12/h1-8,10H,9,11H2. The van der Waals surface area contributed by atoms with E-state index in [0.717, 1.165) is 21.2 Å². The van der Waals surface area contributed by atoms with Crippen molar-refractivity contribution in [3.8, 4) is 10.6 Å². The zero-order valence-electron chi connectivity index (χ0n) is 12.9. The number of thioether (sulfide) groups is 1. The Kier molecular flexibility index (Phi) is 6.37. The van der Waals surface area contributed by atoms with E-state index in [0.29, 0.717) is 10.0 Å². The third-order valence-corrected chi connectivity index (χ3v) is 5.84. The average Bonchev–Trinajstić information content (AvgIpc) is 3.10. The van der Waals surface area contributed by atoms with Crippen molar-refractivity contribution in [2.75, 3.05) is 5.75 Å². The highest BCUT2D eigenvalue weighted by atomic mass is 35.5. The maximum absolute atomic E-state index is 11.9. The van der Waals surface area contributed by atoms with Crippen molar-refractivity contribution in [2.45, 2.75) is 11.5 Å². The Labute approximate surface area is 164 Å². The number of halogens is 2. The molecule has 1 heterocycles. The number of aromatic nitrogens is 1. The first kappa shape index (κ1) is 18.3. The first-order chi connectivity index (χ1) is 12.1. The van der Waals surface area contributed by atoms with Crippen LogP contribution in [-0.4, -0.2) is 16.7 Å². The minimum Gasteiger partial charge on any atom is -0.459 e. The maximum Gasteiger partial charge on any atom is 0.316 e. The van der Waals surface area contributed by atoms with Crippen molar-refractivity contribution in [2.24, 2.45) is 0 Å². The van der Waals surface area contributed by atoms with Crippen LogP contribution < -0.4 is 0 Å². The molecule has 7 heteroatoms. The summed E-state index contributed by atoms with van der Waals surface area (Å²) in [4.78, 5) is 17.2. The molecule has 0 saturated heterocycles. The predicted octanol–water partition coefficient (Wildman–Crippen LogP) is 5.95. The number of hydrogen-bond acceptors (Lipinski definition) is 5. The average molecular weight is 410 g/mol. The number of hydrogen-bond donors (Lipinski definition) is 0. The van der Waals surface area contributed by atoms with Crippen LogP contribution in [0, 0.1) is 0 Å². The van der Waals surface area contributed by atoms with E-state index in [2.05, 4.69) is 4.98 Å². The first-order valence-corrected chi connectivity index (χ1v) is 9.97. The molecule has 0 unspecified atom stereocenters. The number of rotatable bonds is 6. The first-order valence-electron chi connectivity index (χ1n) is 7.35. The lowest BCUT2D eigenvalue weighted by molar-refractivity contribution is -0.141. The Morgan fingerprint density at radius 3 is 2.76 bits per heavy atom. The molecule has 1 aromatic heterocycles. The van der Waals surface area contributed by atoms with E-state index in [1.54, 1.807) is 18.2 Å². The molecular formula is C18H13Cl2NO2S2. The fraction of sp³-hybridized carbons (Fsp3) is 0.111. The second-order valence-corrected chi connectivity index (χ2v) is 7.75. The van der Waals surface area contributed by atoms with Crippen LogP contribution in [0.25, 0.3) is 10.6 Å². The van der Waals surface area contributed by atoms with Gasteiger partial charge in [0, 0.05) is 20.9 Å². The smallest absolute Gasteiger partial charge is 0.316 e. The van der Waals surface area contributed by atoms with Crippen LogP contribution in [0.2, 0.25) is 10.0 Å². The summed E-state index contributed by atoms with van der Waals surface area (Å²) < 4.78 is 5.28. The number of esters is 1. The molecule has 0 aliphatic carbocycles. The predicted molar refractivity (Wildman–Crippen MR) is 105 cm³/mol. The van der Waals surface area contributed by atoms with Crippen LogP contribution in [0.3, 0.4) is 0 Å². The third-order valence-electron chi connectivity index (χ3n) is 3.19. The van der Waals surface area contributed by atoms with Gasteiger partial charge in [-0.15, -0.1) is 23.1 Å². The van der Waals surface area contributed by atoms with Crippen LogP contribution >= 0.6 is 46.3 Å². The van der Waals surface area contributed by atoms with Gasteiger partial charge in [0.2, 0.25) is 0 Å². The van der Waals surface area contributed by atoms with Gasteiger partial charge in [-0.25, -0.2) is 4.98 Å². The monoisotopic (exact) mass is 409 g/mol.